The minimum absolute atomic E-state index is 0.972. The summed E-state index contributed by atoms with van der Waals surface area (Å²) < 4.78 is 2.27. The maximum absolute atomic E-state index is 8.89. The second-order valence-corrected chi connectivity index (χ2v) is 4.04. The van der Waals surface area contributed by atoms with Crippen LogP contribution in [0.25, 0.3) is 0 Å². The first-order chi connectivity index (χ1) is 8.10. The lowest BCUT2D eigenvalue weighted by atomic mass is 10.1. The number of aliphatic carboxylic acids is 1. The predicted molar refractivity (Wildman–Crippen MR) is 66.2 cm³/mol. The lowest BCUT2D eigenvalue weighted by Crippen LogP contribution is -2.32. The van der Waals surface area contributed by atoms with Crippen LogP contribution in [0.5, 0.6) is 0 Å². The molecule has 0 aliphatic carbocycles. The highest BCUT2D eigenvalue weighted by Gasteiger charge is 1.98. The van der Waals surface area contributed by atoms with Gasteiger partial charge in [-0.2, -0.15) is 0 Å². The number of nitrogens with zero attached hydrogens (tertiary/aromatic N) is 1. The standard InChI is InChI=1S/C12H20N.C2H4O2/c1-3-5-9-13-10-7-12(6-4-2)8-11-13;1-2(3)4/h7-8,10-11H,3-6,9H2,1-2H3;1H3,(H,3,4)/q+1;/p-1. The van der Waals surface area contributed by atoms with E-state index in [-0.39, 0.29) is 0 Å². The van der Waals surface area contributed by atoms with E-state index in [1.165, 1.54) is 31.2 Å². The zero-order valence-corrected chi connectivity index (χ0v) is 11.1. The largest absolute Gasteiger partial charge is 0.550 e. The van der Waals surface area contributed by atoms with Crippen molar-refractivity contribution in [3.63, 3.8) is 0 Å². The van der Waals surface area contributed by atoms with E-state index in [2.05, 4.69) is 42.9 Å². The number of carboxylic acid groups (broad SMARTS) is 1. The number of hydrogen-bond acceptors (Lipinski definition) is 2. The van der Waals surface area contributed by atoms with Gasteiger partial charge < -0.3 is 9.90 Å². The maximum Gasteiger partial charge on any atom is 0.169 e. The number of carboxylic acids is 1. The summed E-state index contributed by atoms with van der Waals surface area (Å²) in [6, 6.07) is 4.47. The molecule has 0 aliphatic rings. The van der Waals surface area contributed by atoms with Crippen molar-refractivity contribution in [1.29, 1.82) is 0 Å². The van der Waals surface area contributed by atoms with E-state index < -0.39 is 5.97 Å². The minimum atomic E-state index is -1.08. The smallest absolute Gasteiger partial charge is 0.169 e. The van der Waals surface area contributed by atoms with Gasteiger partial charge in [-0.25, -0.2) is 4.57 Å². The Morgan fingerprint density at radius 2 is 1.76 bits per heavy atom. The molecule has 96 valence electrons. The number of pyridine rings is 1. The van der Waals surface area contributed by atoms with E-state index in [0.717, 1.165) is 13.5 Å². The Kier molecular flexibility index (Phi) is 9.02. The van der Waals surface area contributed by atoms with Gasteiger partial charge in [-0.3, -0.25) is 0 Å². The number of aromatic nitrogens is 1. The van der Waals surface area contributed by atoms with E-state index in [0.29, 0.717) is 0 Å². The van der Waals surface area contributed by atoms with Crippen molar-refractivity contribution >= 4 is 5.97 Å². The van der Waals surface area contributed by atoms with Crippen molar-refractivity contribution in [2.75, 3.05) is 0 Å². The van der Waals surface area contributed by atoms with Crippen LogP contribution < -0.4 is 9.67 Å². The van der Waals surface area contributed by atoms with Gasteiger partial charge >= 0.3 is 0 Å². The number of aryl methyl sites for hydroxylation is 2. The summed E-state index contributed by atoms with van der Waals surface area (Å²) in [6.45, 7) is 6.58. The molecule has 0 aliphatic heterocycles. The Labute approximate surface area is 104 Å². The van der Waals surface area contributed by atoms with Crippen LogP contribution in [-0.4, -0.2) is 5.97 Å². The third kappa shape index (κ3) is 9.54. The molecule has 0 fully saturated rings. The van der Waals surface area contributed by atoms with Crippen LogP contribution in [0, 0.1) is 0 Å². The Morgan fingerprint density at radius 1 is 1.24 bits per heavy atom. The van der Waals surface area contributed by atoms with Crippen LogP contribution in [0.3, 0.4) is 0 Å². The van der Waals surface area contributed by atoms with E-state index in [4.69, 9.17) is 9.90 Å². The van der Waals surface area contributed by atoms with Gasteiger partial charge in [0.05, 0.1) is 0 Å². The van der Waals surface area contributed by atoms with E-state index in [1.807, 2.05) is 0 Å². The molecule has 0 saturated heterocycles. The Morgan fingerprint density at radius 3 is 2.18 bits per heavy atom. The molecule has 1 aromatic rings. The quantitative estimate of drug-likeness (QED) is 0.728. The van der Waals surface area contributed by atoms with Crippen LogP contribution in [0.2, 0.25) is 0 Å². The summed E-state index contributed by atoms with van der Waals surface area (Å²) in [5.41, 5.74) is 1.45. The highest BCUT2D eigenvalue weighted by atomic mass is 16.4. The van der Waals surface area contributed by atoms with Gasteiger partial charge in [-0.1, -0.05) is 26.7 Å². The second kappa shape index (κ2) is 9.82. The van der Waals surface area contributed by atoms with E-state index >= 15 is 0 Å². The lowest BCUT2D eigenvalue weighted by molar-refractivity contribution is -0.697. The molecule has 17 heavy (non-hydrogen) atoms. The fraction of sp³-hybridized carbons (Fsp3) is 0.571. The number of carbonyl (C=O) groups is 1. The lowest BCUT2D eigenvalue weighted by Gasteiger charge is -1.97. The highest BCUT2D eigenvalue weighted by molar-refractivity contribution is 5.60. The van der Waals surface area contributed by atoms with Crippen LogP contribution >= 0.6 is 0 Å². The van der Waals surface area contributed by atoms with Gasteiger partial charge in [0.2, 0.25) is 0 Å². The molecular weight excluding hydrogens is 214 g/mol. The molecule has 1 rings (SSSR count). The van der Waals surface area contributed by atoms with Crippen molar-refractivity contribution in [3.8, 4) is 0 Å². The zero-order chi connectivity index (χ0) is 13.1. The van der Waals surface area contributed by atoms with Gasteiger partial charge in [0.1, 0.15) is 6.54 Å². The average Bonchev–Trinajstić information content (AvgIpc) is 2.28. The van der Waals surface area contributed by atoms with Gasteiger partial charge in [-0.05, 0) is 18.9 Å². The molecule has 0 aromatic carbocycles. The minimum Gasteiger partial charge on any atom is -0.550 e. The molecule has 0 radical (unpaired) electrons. The number of unbranched alkanes of at least 4 members (excludes halogenated alkanes) is 1. The van der Waals surface area contributed by atoms with Gasteiger partial charge in [-0.15, -0.1) is 0 Å². The summed E-state index contributed by atoms with van der Waals surface area (Å²) in [6.07, 6.45) is 9.37. The first-order valence-corrected chi connectivity index (χ1v) is 6.25. The van der Waals surface area contributed by atoms with Crippen LogP contribution in [-0.2, 0) is 17.8 Å². The normalized spacial score (nSPS) is 9.35. The van der Waals surface area contributed by atoms with E-state index in [9.17, 15) is 0 Å². The van der Waals surface area contributed by atoms with Crippen molar-refractivity contribution in [2.24, 2.45) is 0 Å². The molecule has 0 amide bonds. The predicted octanol–water partition coefficient (Wildman–Crippen LogP) is 1.48. The van der Waals surface area contributed by atoms with Crippen LogP contribution in [0.4, 0.5) is 0 Å². The molecule has 3 nitrogen and oxygen atoms in total. The molecule has 0 atom stereocenters. The van der Waals surface area contributed by atoms with Crippen molar-refractivity contribution in [1.82, 2.24) is 0 Å². The molecule has 0 saturated carbocycles. The first kappa shape index (κ1) is 15.6. The molecule has 1 aromatic heterocycles. The Balaban J connectivity index is 0.000000557. The van der Waals surface area contributed by atoms with Crippen LogP contribution in [0.15, 0.2) is 24.5 Å². The Bertz CT molecular complexity index is 303. The molecule has 0 bridgehead atoms. The van der Waals surface area contributed by atoms with Crippen LogP contribution in [0.1, 0.15) is 45.6 Å². The highest BCUT2D eigenvalue weighted by Crippen LogP contribution is 1.99. The summed E-state index contributed by atoms with van der Waals surface area (Å²) >= 11 is 0. The molecule has 1 heterocycles. The zero-order valence-electron chi connectivity index (χ0n) is 11.1. The van der Waals surface area contributed by atoms with Gasteiger partial charge in [0.25, 0.3) is 0 Å². The molecule has 3 heteroatoms. The third-order valence-corrected chi connectivity index (χ3v) is 2.27. The molecular formula is C14H23NO2. The number of hydrogen-bond donors (Lipinski definition) is 0. The van der Waals surface area contributed by atoms with Gasteiger partial charge in [0.15, 0.2) is 12.4 Å². The second-order valence-electron chi connectivity index (χ2n) is 4.04. The average molecular weight is 237 g/mol. The topological polar surface area (TPSA) is 44.0 Å². The van der Waals surface area contributed by atoms with Gasteiger partial charge in [0, 0.05) is 24.5 Å². The maximum atomic E-state index is 8.89. The summed E-state index contributed by atoms with van der Waals surface area (Å²) in [7, 11) is 0. The fourth-order valence-corrected chi connectivity index (χ4v) is 1.43. The molecule has 0 spiro atoms. The summed E-state index contributed by atoms with van der Waals surface area (Å²) in [5, 5.41) is 8.89. The molecule has 0 unspecified atom stereocenters. The monoisotopic (exact) mass is 237 g/mol. The first-order valence-electron chi connectivity index (χ1n) is 6.25. The van der Waals surface area contributed by atoms with Crippen molar-refractivity contribution < 1.29 is 14.5 Å². The number of rotatable bonds is 5. The van der Waals surface area contributed by atoms with E-state index in [1.54, 1.807) is 0 Å². The Hall–Kier alpha value is -1.38. The summed E-state index contributed by atoms with van der Waals surface area (Å²) in [5.74, 6) is -1.08. The number of carbonyl (C=O) groups excluding carboxylic acids is 1. The molecule has 0 N–H and O–H groups in total. The summed E-state index contributed by atoms with van der Waals surface area (Å²) in [4.78, 5) is 8.89. The third-order valence-electron chi connectivity index (χ3n) is 2.27. The fourth-order valence-electron chi connectivity index (χ4n) is 1.43. The SMILES string of the molecule is CC(=O)[O-].CCCC[n+]1ccc(CCC)cc1. The van der Waals surface area contributed by atoms with Crippen molar-refractivity contribution in [3.05, 3.63) is 30.1 Å². The van der Waals surface area contributed by atoms with Crippen molar-refractivity contribution in [2.45, 2.75) is 53.0 Å².